The molecule has 1 unspecified atom stereocenters. The van der Waals surface area contributed by atoms with Crippen LogP contribution in [0.4, 0.5) is 0 Å². The average molecular weight is 281 g/mol. The number of hydrogen-bond acceptors (Lipinski definition) is 1. The monoisotopic (exact) mass is 281 g/mol. The lowest BCUT2D eigenvalue weighted by molar-refractivity contribution is 0.499. The number of aryl methyl sites for hydroxylation is 2. The van der Waals surface area contributed by atoms with E-state index in [4.69, 9.17) is 0 Å². The van der Waals surface area contributed by atoms with Gasteiger partial charge in [0.25, 0.3) is 0 Å². The first-order chi connectivity index (χ1) is 10.2. The van der Waals surface area contributed by atoms with E-state index < -0.39 is 0 Å². The third kappa shape index (κ3) is 4.44. The predicted octanol–water partition coefficient (Wildman–Crippen LogP) is 4.98. The highest BCUT2D eigenvalue weighted by Crippen LogP contribution is 2.21. The number of nitrogens with one attached hydrogen (secondary N) is 1. The smallest absolute Gasteiger partial charge is 0.0323 e. The van der Waals surface area contributed by atoms with E-state index in [-0.39, 0.29) is 0 Å². The molecular formula is C20H27N. The van der Waals surface area contributed by atoms with E-state index in [9.17, 15) is 0 Å². The van der Waals surface area contributed by atoms with Gasteiger partial charge in [-0.25, -0.2) is 0 Å². The third-order valence-electron chi connectivity index (χ3n) is 4.26. The second-order valence-electron chi connectivity index (χ2n) is 5.82. The summed E-state index contributed by atoms with van der Waals surface area (Å²) in [5.74, 6) is 0. The van der Waals surface area contributed by atoms with Gasteiger partial charge in [0.2, 0.25) is 0 Å². The van der Waals surface area contributed by atoms with Gasteiger partial charge in [-0.05, 0) is 61.9 Å². The summed E-state index contributed by atoms with van der Waals surface area (Å²) in [4.78, 5) is 0. The highest BCUT2D eigenvalue weighted by molar-refractivity contribution is 5.33. The molecule has 0 spiro atoms. The first kappa shape index (κ1) is 15.8. The molecule has 2 rings (SSSR count). The van der Waals surface area contributed by atoms with Crippen molar-refractivity contribution in [3.63, 3.8) is 0 Å². The van der Waals surface area contributed by atoms with Crippen LogP contribution in [0.5, 0.6) is 0 Å². The first-order valence-electron chi connectivity index (χ1n) is 8.05. The molecule has 0 saturated heterocycles. The van der Waals surface area contributed by atoms with E-state index in [0.29, 0.717) is 6.04 Å². The summed E-state index contributed by atoms with van der Waals surface area (Å²) < 4.78 is 0. The van der Waals surface area contributed by atoms with E-state index >= 15 is 0 Å². The zero-order valence-corrected chi connectivity index (χ0v) is 13.5. The molecule has 0 aliphatic carbocycles. The molecule has 0 heterocycles. The molecule has 1 nitrogen and oxygen atoms in total. The Bertz CT molecular complexity index is 545. The van der Waals surface area contributed by atoms with Crippen molar-refractivity contribution in [3.05, 3.63) is 70.8 Å². The van der Waals surface area contributed by atoms with Crippen molar-refractivity contribution in [2.75, 3.05) is 6.54 Å². The lowest BCUT2D eigenvalue weighted by Gasteiger charge is -2.20. The Balaban J connectivity index is 2.07. The van der Waals surface area contributed by atoms with Crippen LogP contribution in [0.1, 0.15) is 48.1 Å². The SMILES string of the molecule is CCCNC(CCc1cccc(C)c1C)c1ccccc1. The van der Waals surface area contributed by atoms with Gasteiger partial charge in [-0.15, -0.1) is 0 Å². The zero-order chi connectivity index (χ0) is 15.1. The quantitative estimate of drug-likeness (QED) is 0.755. The van der Waals surface area contributed by atoms with E-state index in [1.165, 1.54) is 28.7 Å². The molecule has 0 aliphatic heterocycles. The molecule has 0 radical (unpaired) electrons. The second kappa shape index (κ2) is 7.99. The van der Waals surface area contributed by atoms with Crippen LogP contribution in [-0.2, 0) is 6.42 Å². The summed E-state index contributed by atoms with van der Waals surface area (Å²) in [5.41, 5.74) is 5.72. The van der Waals surface area contributed by atoms with Crippen molar-refractivity contribution >= 4 is 0 Å². The average Bonchev–Trinajstić information content (AvgIpc) is 2.52. The largest absolute Gasteiger partial charge is 0.310 e. The van der Waals surface area contributed by atoms with E-state index in [1.54, 1.807) is 0 Å². The summed E-state index contributed by atoms with van der Waals surface area (Å²) in [6.45, 7) is 7.73. The van der Waals surface area contributed by atoms with Gasteiger partial charge < -0.3 is 5.32 Å². The van der Waals surface area contributed by atoms with Crippen LogP contribution in [0.15, 0.2) is 48.5 Å². The number of hydrogen-bond donors (Lipinski definition) is 1. The minimum Gasteiger partial charge on any atom is -0.310 e. The topological polar surface area (TPSA) is 12.0 Å². The maximum Gasteiger partial charge on any atom is 0.0323 e. The Labute approximate surface area is 129 Å². The van der Waals surface area contributed by atoms with Gasteiger partial charge >= 0.3 is 0 Å². The Morgan fingerprint density at radius 2 is 1.71 bits per heavy atom. The molecule has 0 saturated carbocycles. The van der Waals surface area contributed by atoms with Crippen LogP contribution in [-0.4, -0.2) is 6.54 Å². The fraction of sp³-hybridized carbons (Fsp3) is 0.400. The molecule has 0 aromatic heterocycles. The second-order valence-corrected chi connectivity index (χ2v) is 5.82. The lowest BCUT2D eigenvalue weighted by Crippen LogP contribution is -2.22. The van der Waals surface area contributed by atoms with Gasteiger partial charge in [0.1, 0.15) is 0 Å². The van der Waals surface area contributed by atoms with E-state index in [0.717, 1.165) is 19.4 Å². The summed E-state index contributed by atoms with van der Waals surface area (Å²) in [6, 6.07) is 17.9. The standard InChI is InChI=1S/C20H27N/c1-4-15-21-20(19-10-6-5-7-11-19)14-13-18-12-8-9-16(2)17(18)3/h5-12,20-21H,4,13-15H2,1-3H3. The molecule has 1 atom stereocenters. The highest BCUT2D eigenvalue weighted by Gasteiger charge is 2.11. The van der Waals surface area contributed by atoms with Crippen LogP contribution < -0.4 is 5.32 Å². The van der Waals surface area contributed by atoms with Gasteiger partial charge in [0.05, 0.1) is 0 Å². The van der Waals surface area contributed by atoms with Crippen molar-refractivity contribution in [2.24, 2.45) is 0 Å². The van der Waals surface area contributed by atoms with Crippen molar-refractivity contribution in [2.45, 2.75) is 46.1 Å². The molecule has 21 heavy (non-hydrogen) atoms. The summed E-state index contributed by atoms with van der Waals surface area (Å²) in [5, 5.41) is 3.69. The van der Waals surface area contributed by atoms with Crippen LogP contribution >= 0.6 is 0 Å². The molecule has 0 fully saturated rings. The van der Waals surface area contributed by atoms with Crippen LogP contribution in [0.25, 0.3) is 0 Å². The van der Waals surface area contributed by atoms with Crippen molar-refractivity contribution in [1.82, 2.24) is 5.32 Å². The fourth-order valence-corrected chi connectivity index (χ4v) is 2.77. The molecule has 2 aromatic carbocycles. The van der Waals surface area contributed by atoms with E-state index in [2.05, 4.69) is 74.6 Å². The fourth-order valence-electron chi connectivity index (χ4n) is 2.77. The predicted molar refractivity (Wildman–Crippen MR) is 91.7 cm³/mol. The van der Waals surface area contributed by atoms with Gasteiger partial charge in [0.15, 0.2) is 0 Å². The lowest BCUT2D eigenvalue weighted by atomic mass is 9.95. The normalized spacial score (nSPS) is 12.3. The summed E-state index contributed by atoms with van der Waals surface area (Å²) in [6.07, 6.45) is 3.45. The highest BCUT2D eigenvalue weighted by atomic mass is 14.9. The van der Waals surface area contributed by atoms with Crippen LogP contribution in [0.2, 0.25) is 0 Å². The summed E-state index contributed by atoms with van der Waals surface area (Å²) in [7, 11) is 0. The van der Waals surface area contributed by atoms with E-state index in [1.807, 2.05) is 0 Å². The van der Waals surface area contributed by atoms with Crippen LogP contribution in [0, 0.1) is 13.8 Å². The molecule has 2 aromatic rings. The Morgan fingerprint density at radius 3 is 2.43 bits per heavy atom. The van der Waals surface area contributed by atoms with Crippen molar-refractivity contribution < 1.29 is 0 Å². The minimum absolute atomic E-state index is 0.450. The number of benzene rings is 2. The van der Waals surface area contributed by atoms with Gasteiger partial charge in [-0.1, -0.05) is 55.5 Å². The van der Waals surface area contributed by atoms with Crippen LogP contribution in [0.3, 0.4) is 0 Å². The Morgan fingerprint density at radius 1 is 0.952 bits per heavy atom. The zero-order valence-electron chi connectivity index (χ0n) is 13.5. The molecule has 0 amide bonds. The molecule has 1 heteroatoms. The first-order valence-corrected chi connectivity index (χ1v) is 8.05. The third-order valence-corrected chi connectivity index (χ3v) is 4.26. The van der Waals surface area contributed by atoms with Gasteiger partial charge in [-0.3, -0.25) is 0 Å². The molecule has 0 bridgehead atoms. The molecule has 1 N–H and O–H groups in total. The maximum atomic E-state index is 3.69. The van der Waals surface area contributed by atoms with Crippen molar-refractivity contribution in [1.29, 1.82) is 0 Å². The van der Waals surface area contributed by atoms with Gasteiger partial charge in [0, 0.05) is 6.04 Å². The molecular weight excluding hydrogens is 254 g/mol. The molecule has 0 aliphatic rings. The maximum absolute atomic E-state index is 3.69. The Kier molecular flexibility index (Phi) is 6.01. The number of rotatable bonds is 7. The van der Waals surface area contributed by atoms with Crippen molar-refractivity contribution in [3.8, 4) is 0 Å². The van der Waals surface area contributed by atoms with Gasteiger partial charge in [-0.2, -0.15) is 0 Å². The Hall–Kier alpha value is -1.60. The summed E-state index contributed by atoms with van der Waals surface area (Å²) >= 11 is 0. The molecule has 112 valence electrons. The minimum atomic E-state index is 0.450.